The summed E-state index contributed by atoms with van der Waals surface area (Å²) in [5.41, 5.74) is 6.40. The molecule has 4 aromatic rings. The molecule has 0 bridgehead atoms. The fourth-order valence-corrected chi connectivity index (χ4v) is 5.60. The summed E-state index contributed by atoms with van der Waals surface area (Å²) in [6.07, 6.45) is 4.99. The Bertz CT molecular complexity index is 1520. The predicted molar refractivity (Wildman–Crippen MR) is 148 cm³/mol. The van der Waals surface area contributed by atoms with Crippen LogP contribution in [-0.4, -0.2) is 29.3 Å². The molecule has 9 heteroatoms. The summed E-state index contributed by atoms with van der Waals surface area (Å²) < 4.78 is 28.3. The second kappa shape index (κ2) is 9.40. The van der Waals surface area contributed by atoms with Crippen LogP contribution in [0.5, 0.6) is 0 Å². The Balaban J connectivity index is 1.63. The molecule has 0 aliphatic carbocycles. The number of aromatic nitrogens is 2. The number of nitrogens with one attached hydrogen (secondary N) is 2. The van der Waals surface area contributed by atoms with Crippen LogP contribution >= 0.6 is 12.2 Å². The summed E-state index contributed by atoms with van der Waals surface area (Å²) in [6.45, 7) is 3.95. The minimum absolute atomic E-state index is 0.188. The van der Waals surface area contributed by atoms with Crippen LogP contribution in [-0.2, 0) is 10.0 Å². The van der Waals surface area contributed by atoms with Crippen LogP contribution in [0.25, 0.3) is 5.69 Å². The Hall–Kier alpha value is -3.69. The highest BCUT2D eigenvalue weighted by atomic mass is 32.2. The van der Waals surface area contributed by atoms with Gasteiger partial charge in [0.25, 0.3) is 0 Å². The first-order valence-corrected chi connectivity index (χ1v) is 13.8. The molecule has 2 aromatic carbocycles. The van der Waals surface area contributed by atoms with Gasteiger partial charge in [-0.25, -0.2) is 8.42 Å². The van der Waals surface area contributed by atoms with Crippen molar-refractivity contribution >= 4 is 38.7 Å². The van der Waals surface area contributed by atoms with Gasteiger partial charge in [0.15, 0.2) is 5.11 Å². The lowest BCUT2D eigenvalue weighted by molar-refractivity contribution is 0.549. The zero-order chi connectivity index (χ0) is 25.4. The van der Waals surface area contributed by atoms with Gasteiger partial charge < -0.3 is 14.8 Å². The highest BCUT2D eigenvalue weighted by molar-refractivity contribution is 7.92. The molecule has 2 N–H and O–H groups in total. The number of hydrogen-bond acceptors (Lipinski definition) is 4. The van der Waals surface area contributed by atoms with Gasteiger partial charge in [-0.15, -0.1) is 0 Å². The SMILES string of the molecule is Cc1ccc(-n2cccc2[C@H]2[C@@H](c3ccccn3)NC(=S)N2c2ccc(NS(C)(=O)=O)c(C)c2)cc1. The molecule has 36 heavy (non-hydrogen) atoms. The maximum Gasteiger partial charge on any atom is 0.229 e. The van der Waals surface area contributed by atoms with Gasteiger partial charge in [0, 0.05) is 29.5 Å². The maximum absolute atomic E-state index is 11.8. The van der Waals surface area contributed by atoms with E-state index in [2.05, 4.69) is 67.9 Å². The number of thiocarbonyl (C=S) groups is 1. The van der Waals surface area contributed by atoms with Crippen LogP contribution in [0.4, 0.5) is 11.4 Å². The van der Waals surface area contributed by atoms with Gasteiger partial charge in [-0.2, -0.15) is 0 Å². The van der Waals surface area contributed by atoms with Crippen molar-refractivity contribution in [2.24, 2.45) is 0 Å². The number of nitrogens with zero attached hydrogens (tertiary/aromatic N) is 3. The van der Waals surface area contributed by atoms with Crippen LogP contribution in [0.15, 0.2) is 85.2 Å². The average Bonchev–Trinajstić information content (AvgIpc) is 3.45. The Labute approximate surface area is 216 Å². The summed E-state index contributed by atoms with van der Waals surface area (Å²) in [7, 11) is -3.39. The summed E-state index contributed by atoms with van der Waals surface area (Å²) in [5.74, 6) is 0. The number of aryl methyl sites for hydroxylation is 2. The van der Waals surface area contributed by atoms with E-state index in [1.165, 1.54) is 5.56 Å². The molecule has 1 aliphatic rings. The molecule has 3 heterocycles. The van der Waals surface area contributed by atoms with E-state index in [1.807, 2.05) is 43.3 Å². The number of sulfonamides is 1. The average molecular weight is 518 g/mol. The van der Waals surface area contributed by atoms with Crippen molar-refractivity contribution in [3.05, 3.63) is 108 Å². The number of rotatable bonds is 6. The standard InChI is InChI=1S/C27H27N5O2S2/c1-18-9-11-20(12-10-18)31-16-6-8-24(31)26-25(23-7-4-5-15-28-23)29-27(35)32(26)21-13-14-22(19(2)17-21)30-36(3,33)34/h4-17,25-26,30H,1-3H3,(H,29,35)/t25-,26+/m1/s1. The number of hydrogen-bond donors (Lipinski definition) is 2. The zero-order valence-electron chi connectivity index (χ0n) is 20.2. The van der Waals surface area contributed by atoms with Crippen LogP contribution in [0.3, 0.4) is 0 Å². The predicted octanol–water partition coefficient (Wildman–Crippen LogP) is 5.04. The molecular weight excluding hydrogens is 490 g/mol. The molecule has 7 nitrogen and oxygen atoms in total. The summed E-state index contributed by atoms with van der Waals surface area (Å²) >= 11 is 5.86. The van der Waals surface area contributed by atoms with Gasteiger partial charge in [0.05, 0.1) is 23.7 Å². The van der Waals surface area contributed by atoms with Crippen LogP contribution in [0.2, 0.25) is 0 Å². The second-order valence-corrected chi connectivity index (χ2v) is 11.1. The maximum atomic E-state index is 11.8. The highest BCUT2D eigenvalue weighted by Gasteiger charge is 2.42. The molecule has 2 aromatic heterocycles. The van der Waals surface area contributed by atoms with Crippen molar-refractivity contribution in [3.63, 3.8) is 0 Å². The van der Waals surface area contributed by atoms with Crippen LogP contribution in [0, 0.1) is 13.8 Å². The molecule has 0 radical (unpaired) electrons. The second-order valence-electron chi connectivity index (χ2n) is 9.01. The van der Waals surface area contributed by atoms with E-state index in [0.717, 1.165) is 34.6 Å². The topological polar surface area (TPSA) is 79.3 Å². The van der Waals surface area contributed by atoms with E-state index in [0.29, 0.717) is 10.8 Å². The smallest absolute Gasteiger partial charge is 0.229 e. The molecule has 184 valence electrons. The van der Waals surface area contributed by atoms with E-state index in [9.17, 15) is 8.42 Å². The van der Waals surface area contributed by atoms with Gasteiger partial charge in [-0.05, 0) is 86.2 Å². The Morgan fingerprint density at radius 1 is 0.972 bits per heavy atom. The Morgan fingerprint density at radius 2 is 1.72 bits per heavy atom. The minimum Gasteiger partial charge on any atom is -0.351 e. The molecule has 1 fully saturated rings. The van der Waals surface area contributed by atoms with Crippen molar-refractivity contribution in [1.82, 2.24) is 14.9 Å². The summed E-state index contributed by atoms with van der Waals surface area (Å²) in [4.78, 5) is 6.72. The highest BCUT2D eigenvalue weighted by Crippen LogP contribution is 2.42. The lowest BCUT2D eigenvalue weighted by Gasteiger charge is -2.29. The molecule has 1 aliphatic heterocycles. The van der Waals surface area contributed by atoms with E-state index in [4.69, 9.17) is 12.2 Å². The van der Waals surface area contributed by atoms with Crippen LogP contribution in [0.1, 0.15) is 34.6 Å². The molecule has 1 saturated heterocycles. The van der Waals surface area contributed by atoms with E-state index < -0.39 is 10.0 Å². The molecule has 0 spiro atoms. The lowest BCUT2D eigenvalue weighted by Crippen LogP contribution is -2.30. The molecule has 2 atom stereocenters. The van der Waals surface area contributed by atoms with Crippen molar-refractivity contribution in [1.29, 1.82) is 0 Å². The van der Waals surface area contributed by atoms with Gasteiger partial charge in [0.2, 0.25) is 10.0 Å². The summed E-state index contributed by atoms with van der Waals surface area (Å²) in [5, 5.41) is 4.07. The van der Waals surface area contributed by atoms with Crippen molar-refractivity contribution in [2.75, 3.05) is 15.9 Å². The van der Waals surface area contributed by atoms with E-state index in [1.54, 1.807) is 12.3 Å². The summed E-state index contributed by atoms with van der Waals surface area (Å²) in [6, 6.07) is 23.7. The van der Waals surface area contributed by atoms with E-state index in [-0.39, 0.29) is 12.1 Å². The van der Waals surface area contributed by atoms with Crippen LogP contribution < -0.4 is 14.9 Å². The monoisotopic (exact) mass is 517 g/mol. The number of pyridine rings is 1. The normalized spacial score (nSPS) is 17.8. The Kier molecular flexibility index (Phi) is 6.27. The molecule has 0 unspecified atom stereocenters. The van der Waals surface area contributed by atoms with Gasteiger partial charge in [-0.1, -0.05) is 23.8 Å². The van der Waals surface area contributed by atoms with Gasteiger partial charge in [0.1, 0.15) is 6.04 Å². The lowest BCUT2D eigenvalue weighted by atomic mass is 10.00. The molecule has 0 amide bonds. The van der Waals surface area contributed by atoms with Crippen molar-refractivity contribution < 1.29 is 8.42 Å². The fraction of sp³-hybridized carbons (Fsp3) is 0.185. The quantitative estimate of drug-likeness (QED) is 0.349. The van der Waals surface area contributed by atoms with Gasteiger partial charge >= 0.3 is 0 Å². The van der Waals surface area contributed by atoms with Gasteiger partial charge in [-0.3, -0.25) is 9.71 Å². The molecule has 0 saturated carbocycles. The molecular formula is C27H27N5O2S2. The number of anilines is 2. The Morgan fingerprint density at radius 3 is 2.39 bits per heavy atom. The fourth-order valence-electron chi connectivity index (χ4n) is 4.62. The first-order chi connectivity index (χ1) is 17.2. The third-order valence-corrected chi connectivity index (χ3v) is 7.18. The molecule has 5 rings (SSSR count). The first-order valence-electron chi connectivity index (χ1n) is 11.5. The van der Waals surface area contributed by atoms with Crippen molar-refractivity contribution in [3.8, 4) is 5.69 Å². The number of benzene rings is 2. The first kappa shape index (κ1) is 24.0. The van der Waals surface area contributed by atoms with Crippen molar-refractivity contribution in [2.45, 2.75) is 25.9 Å². The third kappa shape index (κ3) is 4.72. The zero-order valence-corrected chi connectivity index (χ0v) is 21.8. The largest absolute Gasteiger partial charge is 0.351 e. The minimum atomic E-state index is -3.39. The third-order valence-electron chi connectivity index (χ3n) is 6.28. The van der Waals surface area contributed by atoms with E-state index >= 15 is 0 Å².